The van der Waals surface area contributed by atoms with Crippen LogP contribution in [-0.2, 0) is 4.74 Å². The molecule has 1 N–H and O–H groups in total. The van der Waals surface area contributed by atoms with Gasteiger partial charge in [0, 0.05) is 35.8 Å². The number of morpholine rings is 1. The molecule has 1 heterocycles. The molecule has 1 aliphatic heterocycles. The molecule has 19 heavy (non-hydrogen) atoms. The molecule has 6 nitrogen and oxygen atoms in total. The van der Waals surface area contributed by atoms with Gasteiger partial charge in [-0.05, 0) is 34.7 Å². The summed E-state index contributed by atoms with van der Waals surface area (Å²) in [5.74, 6) is 0. The van der Waals surface area contributed by atoms with E-state index in [4.69, 9.17) is 4.74 Å². The Morgan fingerprint density at radius 3 is 2.84 bits per heavy atom. The normalized spacial score (nSPS) is 16.3. The molecule has 1 fully saturated rings. The second kappa shape index (κ2) is 7.01. The molecule has 0 saturated carbocycles. The zero-order valence-electron chi connectivity index (χ0n) is 10.5. The molecule has 1 aliphatic rings. The third-order valence-electron chi connectivity index (χ3n) is 3.00. The first-order chi connectivity index (χ1) is 9.16. The van der Waals surface area contributed by atoms with E-state index in [1.54, 1.807) is 12.1 Å². The summed E-state index contributed by atoms with van der Waals surface area (Å²) >= 11 is 2.07. The van der Waals surface area contributed by atoms with E-state index < -0.39 is 0 Å². The topological polar surface area (TPSA) is 67.6 Å². The molecule has 0 unspecified atom stereocenters. The van der Waals surface area contributed by atoms with Crippen molar-refractivity contribution >= 4 is 34.0 Å². The van der Waals surface area contributed by atoms with Crippen LogP contribution < -0.4 is 5.32 Å². The van der Waals surface area contributed by atoms with Crippen molar-refractivity contribution in [3.05, 3.63) is 31.9 Å². The number of nitrogens with one attached hydrogen (secondary N) is 1. The van der Waals surface area contributed by atoms with Gasteiger partial charge < -0.3 is 10.1 Å². The quantitative estimate of drug-likeness (QED) is 0.483. The fraction of sp³-hybridized carbons (Fsp3) is 0.500. The average Bonchev–Trinajstić information content (AvgIpc) is 2.41. The summed E-state index contributed by atoms with van der Waals surface area (Å²) in [7, 11) is 0. The Morgan fingerprint density at radius 1 is 1.42 bits per heavy atom. The number of hydrogen-bond donors (Lipinski definition) is 1. The van der Waals surface area contributed by atoms with Crippen LogP contribution in [0.3, 0.4) is 0 Å². The Labute approximate surface area is 125 Å². The lowest BCUT2D eigenvalue weighted by molar-refractivity contribution is -0.384. The molecule has 0 bridgehead atoms. The molecule has 0 radical (unpaired) electrons. The Balaban J connectivity index is 1.89. The molecule has 0 amide bonds. The van der Waals surface area contributed by atoms with Gasteiger partial charge in [-0.15, -0.1) is 0 Å². The number of benzene rings is 1. The standard InChI is InChI=1S/C12H16IN3O3/c13-10-1-2-11(12(9-10)16(17)18)14-3-4-15-5-7-19-8-6-15/h1-2,9,14H,3-8H2. The van der Waals surface area contributed by atoms with Crippen molar-refractivity contribution in [1.29, 1.82) is 0 Å². The number of halogens is 1. The van der Waals surface area contributed by atoms with Crippen molar-refractivity contribution < 1.29 is 9.66 Å². The van der Waals surface area contributed by atoms with Crippen molar-refractivity contribution in [2.45, 2.75) is 0 Å². The van der Waals surface area contributed by atoms with Crippen molar-refractivity contribution in [1.82, 2.24) is 4.90 Å². The van der Waals surface area contributed by atoms with Gasteiger partial charge in [-0.3, -0.25) is 15.0 Å². The molecular formula is C12H16IN3O3. The van der Waals surface area contributed by atoms with Crippen molar-refractivity contribution in [3.8, 4) is 0 Å². The van der Waals surface area contributed by atoms with Gasteiger partial charge in [-0.25, -0.2) is 0 Å². The number of nitro benzene ring substituents is 1. The lowest BCUT2D eigenvalue weighted by Gasteiger charge is -2.26. The van der Waals surface area contributed by atoms with Crippen LogP contribution in [0.1, 0.15) is 0 Å². The van der Waals surface area contributed by atoms with Gasteiger partial charge in [-0.2, -0.15) is 0 Å². The molecule has 0 spiro atoms. The third kappa shape index (κ3) is 4.29. The second-order valence-electron chi connectivity index (χ2n) is 4.30. The maximum atomic E-state index is 11.0. The number of nitro groups is 1. The molecule has 0 atom stereocenters. The van der Waals surface area contributed by atoms with Crippen molar-refractivity contribution in [2.75, 3.05) is 44.7 Å². The van der Waals surface area contributed by atoms with Gasteiger partial charge >= 0.3 is 0 Å². The van der Waals surface area contributed by atoms with E-state index in [-0.39, 0.29) is 10.6 Å². The lowest BCUT2D eigenvalue weighted by Crippen LogP contribution is -2.39. The highest BCUT2D eigenvalue weighted by atomic mass is 127. The summed E-state index contributed by atoms with van der Waals surface area (Å²) in [5.41, 5.74) is 0.715. The van der Waals surface area contributed by atoms with Gasteiger partial charge in [0.15, 0.2) is 0 Å². The summed E-state index contributed by atoms with van der Waals surface area (Å²) < 4.78 is 6.14. The minimum absolute atomic E-state index is 0.133. The summed E-state index contributed by atoms with van der Waals surface area (Å²) in [5, 5.41) is 14.1. The van der Waals surface area contributed by atoms with Gasteiger partial charge in [0.25, 0.3) is 5.69 Å². The van der Waals surface area contributed by atoms with Crippen molar-refractivity contribution in [3.63, 3.8) is 0 Å². The highest BCUT2D eigenvalue weighted by molar-refractivity contribution is 14.1. The monoisotopic (exact) mass is 377 g/mol. The number of rotatable bonds is 5. The van der Waals surface area contributed by atoms with E-state index in [2.05, 4.69) is 32.8 Å². The maximum Gasteiger partial charge on any atom is 0.293 e. The Kier molecular flexibility index (Phi) is 5.34. The number of anilines is 1. The average molecular weight is 377 g/mol. The largest absolute Gasteiger partial charge is 0.379 e. The van der Waals surface area contributed by atoms with Crippen LogP contribution in [0.25, 0.3) is 0 Å². The number of ether oxygens (including phenoxy) is 1. The SMILES string of the molecule is O=[N+]([O-])c1cc(I)ccc1NCCN1CCOCC1. The molecule has 2 rings (SSSR count). The van der Waals surface area contributed by atoms with Crippen LogP contribution in [0, 0.1) is 13.7 Å². The Hall–Kier alpha value is -0.930. The van der Waals surface area contributed by atoms with Gasteiger partial charge in [-0.1, -0.05) is 0 Å². The number of nitrogens with zero attached hydrogens (tertiary/aromatic N) is 2. The second-order valence-corrected chi connectivity index (χ2v) is 5.55. The molecule has 104 valence electrons. The van der Waals surface area contributed by atoms with E-state index >= 15 is 0 Å². The molecule has 1 aromatic carbocycles. The minimum Gasteiger partial charge on any atom is -0.379 e. The summed E-state index contributed by atoms with van der Waals surface area (Å²) in [6, 6.07) is 5.21. The van der Waals surface area contributed by atoms with Crippen LogP contribution in [0.5, 0.6) is 0 Å². The smallest absolute Gasteiger partial charge is 0.293 e. The van der Waals surface area contributed by atoms with Crippen LogP contribution >= 0.6 is 22.6 Å². The van der Waals surface area contributed by atoms with Gasteiger partial charge in [0.1, 0.15) is 5.69 Å². The first-order valence-corrected chi connectivity index (χ1v) is 7.22. The summed E-state index contributed by atoms with van der Waals surface area (Å²) in [6.07, 6.45) is 0. The molecule has 7 heteroatoms. The molecular weight excluding hydrogens is 361 g/mol. The van der Waals surface area contributed by atoms with Gasteiger partial charge in [0.2, 0.25) is 0 Å². The van der Waals surface area contributed by atoms with E-state index in [1.165, 1.54) is 0 Å². The van der Waals surface area contributed by atoms with E-state index in [9.17, 15) is 10.1 Å². The third-order valence-corrected chi connectivity index (χ3v) is 3.67. The van der Waals surface area contributed by atoms with Crippen molar-refractivity contribution in [2.24, 2.45) is 0 Å². The molecule has 1 aromatic rings. The lowest BCUT2D eigenvalue weighted by atomic mass is 10.2. The van der Waals surface area contributed by atoms with Crippen LogP contribution in [0.4, 0.5) is 11.4 Å². The fourth-order valence-electron chi connectivity index (χ4n) is 1.98. The van der Waals surface area contributed by atoms with Crippen LogP contribution in [0.15, 0.2) is 18.2 Å². The fourth-order valence-corrected chi connectivity index (χ4v) is 2.45. The van der Waals surface area contributed by atoms with Gasteiger partial charge in [0.05, 0.1) is 18.1 Å². The predicted octanol–water partition coefficient (Wildman–Crippen LogP) is 1.94. The first-order valence-electron chi connectivity index (χ1n) is 6.15. The summed E-state index contributed by atoms with van der Waals surface area (Å²) in [4.78, 5) is 12.9. The maximum absolute atomic E-state index is 11.0. The Morgan fingerprint density at radius 2 is 2.16 bits per heavy atom. The van der Waals surface area contributed by atoms with E-state index in [1.807, 2.05) is 6.07 Å². The predicted molar refractivity (Wildman–Crippen MR) is 81.6 cm³/mol. The molecule has 1 saturated heterocycles. The molecule has 0 aliphatic carbocycles. The first kappa shape index (κ1) is 14.5. The van der Waals surface area contributed by atoms with Crippen LogP contribution in [0.2, 0.25) is 0 Å². The zero-order chi connectivity index (χ0) is 13.7. The van der Waals surface area contributed by atoms with E-state index in [0.717, 1.165) is 36.4 Å². The van der Waals surface area contributed by atoms with E-state index in [0.29, 0.717) is 12.2 Å². The zero-order valence-corrected chi connectivity index (χ0v) is 12.6. The minimum atomic E-state index is -0.348. The Bertz CT molecular complexity index is 450. The summed E-state index contributed by atoms with van der Waals surface area (Å²) in [6.45, 7) is 4.95. The number of hydrogen-bond acceptors (Lipinski definition) is 5. The highest BCUT2D eigenvalue weighted by Gasteiger charge is 2.14. The highest BCUT2D eigenvalue weighted by Crippen LogP contribution is 2.25. The molecule has 0 aromatic heterocycles. The van der Waals surface area contributed by atoms with Crippen LogP contribution in [-0.4, -0.2) is 49.2 Å².